The summed E-state index contributed by atoms with van der Waals surface area (Å²) < 4.78 is 5.30. The minimum absolute atomic E-state index is 0.0325. The first-order valence-corrected chi connectivity index (χ1v) is 7.97. The van der Waals surface area contributed by atoms with Gasteiger partial charge in [0.2, 0.25) is 0 Å². The van der Waals surface area contributed by atoms with Gasteiger partial charge in [0.05, 0.1) is 6.10 Å². The zero-order chi connectivity index (χ0) is 15.2. The molecule has 0 aromatic carbocycles. The van der Waals surface area contributed by atoms with Crippen molar-refractivity contribution in [2.45, 2.75) is 45.1 Å². The van der Waals surface area contributed by atoms with Gasteiger partial charge in [-0.15, -0.1) is 0 Å². The highest BCUT2D eigenvalue weighted by molar-refractivity contribution is 5.74. The Morgan fingerprint density at radius 3 is 2.48 bits per heavy atom. The molecule has 0 aromatic rings. The molecule has 21 heavy (non-hydrogen) atoms. The fourth-order valence-electron chi connectivity index (χ4n) is 3.17. The fraction of sp³-hybridized carbons (Fsp3) is 0.867. The average molecular weight is 298 g/mol. The van der Waals surface area contributed by atoms with E-state index < -0.39 is 5.97 Å². The van der Waals surface area contributed by atoms with Crippen molar-refractivity contribution in [2.24, 2.45) is 5.92 Å². The number of carbonyl (C=O) groups is 2. The number of piperidine rings is 2. The number of carbonyl (C=O) groups excluding carboxylic acids is 1. The van der Waals surface area contributed by atoms with Gasteiger partial charge in [0, 0.05) is 26.2 Å². The van der Waals surface area contributed by atoms with E-state index in [4.69, 9.17) is 9.84 Å². The van der Waals surface area contributed by atoms with Gasteiger partial charge in [-0.05, 0) is 31.6 Å². The molecule has 0 aromatic heterocycles. The van der Waals surface area contributed by atoms with Crippen LogP contribution in [0.1, 0.15) is 39.0 Å². The number of rotatable bonds is 4. The molecule has 2 aliphatic rings. The Bertz CT molecular complexity index is 367. The molecule has 6 nitrogen and oxygen atoms in total. The van der Waals surface area contributed by atoms with Crippen LogP contribution in [0, 0.1) is 5.92 Å². The van der Waals surface area contributed by atoms with Crippen LogP contribution in [0.4, 0.5) is 4.79 Å². The Labute approximate surface area is 126 Å². The first-order chi connectivity index (χ1) is 10.1. The van der Waals surface area contributed by atoms with Crippen LogP contribution >= 0.6 is 0 Å². The lowest BCUT2D eigenvalue weighted by Crippen LogP contribution is -2.50. The van der Waals surface area contributed by atoms with Crippen molar-refractivity contribution in [3.05, 3.63) is 0 Å². The van der Waals surface area contributed by atoms with E-state index >= 15 is 0 Å². The maximum absolute atomic E-state index is 12.5. The number of nitrogens with zero attached hydrogens (tertiary/aromatic N) is 2. The van der Waals surface area contributed by atoms with Gasteiger partial charge >= 0.3 is 12.0 Å². The number of carboxylic acid groups (broad SMARTS) is 1. The van der Waals surface area contributed by atoms with Gasteiger partial charge in [-0.2, -0.15) is 0 Å². The Kier molecular flexibility index (Phi) is 5.85. The van der Waals surface area contributed by atoms with E-state index in [0.29, 0.717) is 19.0 Å². The molecule has 120 valence electrons. The van der Waals surface area contributed by atoms with E-state index in [-0.39, 0.29) is 18.7 Å². The van der Waals surface area contributed by atoms with E-state index in [1.165, 1.54) is 6.42 Å². The third-order valence-corrected chi connectivity index (χ3v) is 4.52. The fourth-order valence-corrected chi connectivity index (χ4v) is 3.17. The Hall–Kier alpha value is -1.30. The summed E-state index contributed by atoms with van der Waals surface area (Å²) in [5.41, 5.74) is 0. The highest BCUT2D eigenvalue weighted by Crippen LogP contribution is 2.22. The number of likely N-dealkylation sites (tertiary alicyclic amines) is 2. The summed E-state index contributed by atoms with van der Waals surface area (Å²) in [7, 11) is 0. The van der Waals surface area contributed by atoms with E-state index in [1.807, 2.05) is 9.80 Å². The molecule has 2 rings (SSSR count). The number of ether oxygens (including phenoxy) is 1. The lowest BCUT2D eigenvalue weighted by Gasteiger charge is -2.38. The largest absolute Gasteiger partial charge is 0.480 e. The molecule has 2 amide bonds. The van der Waals surface area contributed by atoms with Crippen LogP contribution in [0.25, 0.3) is 0 Å². The van der Waals surface area contributed by atoms with E-state index in [1.54, 1.807) is 0 Å². The molecule has 2 aliphatic heterocycles. The predicted molar refractivity (Wildman–Crippen MR) is 78.2 cm³/mol. The lowest BCUT2D eigenvalue weighted by atomic mass is 9.96. The first kappa shape index (κ1) is 16.1. The van der Waals surface area contributed by atoms with Crippen molar-refractivity contribution in [1.82, 2.24) is 9.80 Å². The van der Waals surface area contributed by atoms with Crippen LogP contribution in [-0.2, 0) is 9.53 Å². The molecule has 0 saturated carbocycles. The molecule has 1 atom stereocenters. The second kappa shape index (κ2) is 7.64. The van der Waals surface area contributed by atoms with Crippen molar-refractivity contribution in [1.29, 1.82) is 0 Å². The van der Waals surface area contributed by atoms with Crippen LogP contribution in [0.5, 0.6) is 0 Å². The molecule has 0 spiro atoms. The van der Waals surface area contributed by atoms with Crippen molar-refractivity contribution in [3.63, 3.8) is 0 Å². The molecule has 2 heterocycles. The summed E-state index contributed by atoms with van der Waals surface area (Å²) in [6.45, 7) is 5.01. The van der Waals surface area contributed by atoms with Gasteiger partial charge < -0.3 is 19.6 Å². The van der Waals surface area contributed by atoms with Crippen LogP contribution in [0.2, 0.25) is 0 Å². The zero-order valence-electron chi connectivity index (χ0n) is 12.8. The predicted octanol–water partition coefficient (Wildman–Crippen LogP) is 1.79. The summed E-state index contributed by atoms with van der Waals surface area (Å²) >= 11 is 0. The van der Waals surface area contributed by atoms with Gasteiger partial charge in [-0.1, -0.05) is 13.3 Å². The van der Waals surface area contributed by atoms with Crippen molar-refractivity contribution in [2.75, 3.05) is 32.8 Å². The third-order valence-electron chi connectivity index (χ3n) is 4.52. The summed E-state index contributed by atoms with van der Waals surface area (Å²) in [6, 6.07) is 0.143. The number of hydrogen-bond donors (Lipinski definition) is 1. The number of urea groups is 1. The summed E-state index contributed by atoms with van der Waals surface area (Å²) in [5.74, 6) is -0.299. The Balaban J connectivity index is 1.76. The highest BCUT2D eigenvalue weighted by Gasteiger charge is 2.29. The minimum Gasteiger partial charge on any atom is -0.480 e. The van der Waals surface area contributed by atoms with Crippen LogP contribution in [0.3, 0.4) is 0 Å². The number of hydrogen-bond acceptors (Lipinski definition) is 3. The summed E-state index contributed by atoms with van der Waals surface area (Å²) in [6.07, 6.45) is 4.88. The van der Waals surface area contributed by atoms with Crippen LogP contribution in [0.15, 0.2) is 0 Å². The highest BCUT2D eigenvalue weighted by atomic mass is 16.5. The van der Waals surface area contributed by atoms with Crippen LogP contribution in [-0.4, -0.2) is 65.8 Å². The second-order valence-corrected chi connectivity index (χ2v) is 6.04. The molecule has 0 radical (unpaired) electrons. The summed E-state index contributed by atoms with van der Waals surface area (Å²) in [4.78, 5) is 26.9. The number of amides is 2. The maximum Gasteiger partial charge on any atom is 0.329 e. The number of aliphatic carboxylic acids is 1. The zero-order valence-corrected chi connectivity index (χ0v) is 12.8. The molecular formula is C15H26N2O4. The second-order valence-electron chi connectivity index (χ2n) is 6.04. The minimum atomic E-state index is -0.938. The standard InChI is InChI=1S/C15H26N2O4/c1-2-12-4-3-7-17(10-12)15(20)16-8-5-13(6-9-16)21-11-14(18)19/h12-13H,2-11H2,1H3,(H,18,19). The van der Waals surface area contributed by atoms with E-state index in [2.05, 4.69) is 6.92 Å². The first-order valence-electron chi connectivity index (χ1n) is 7.97. The van der Waals surface area contributed by atoms with Gasteiger partial charge in [-0.25, -0.2) is 9.59 Å². The smallest absolute Gasteiger partial charge is 0.329 e. The topological polar surface area (TPSA) is 70.1 Å². The van der Waals surface area contributed by atoms with Crippen LogP contribution < -0.4 is 0 Å². The molecule has 2 saturated heterocycles. The molecule has 6 heteroatoms. The molecule has 1 unspecified atom stereocenters. The Morgan fingerprint density at radius 1 is 1.14 bits per heavy atom. The van der Waals surface area contributed by atoms with Gasteiger partial charge in [0.1, 0.15) is 6.61 Å². The van der Waals surface area contributed by atoms with Crippen molar-refractivity contribution in [3.8, 4) is 0 Å². The Morgan fingerprint density at radius 2 is 1.86 bits per heavy atom. The monoisotopic (exact) mass is 298 g/mol. The number of carboxylic acids is 1. The molecule has 1 N–H and O–H groups in total. The molecule has 0 bridgehead atoms. The van der Waals surface area contributed by atoms with E-state index in [9.17, 15) is 9.59 Å². The van der Waals surface area contributed by atoms with E-state index in [0.717, 1.165) is 38.8 Å². The molecule has 0 aliphatic carbocycles. The van der Waals surface area contributed by atoms with Crippen molar-refractivity contribution < 1.29 is 19.4 Å². The van der Waals surface area contributed by atoms with Gasteiger partial charge in [0.25, 0.3) is 0 Å². The van der Waals surface area contributed by atoms with Crippen molar-refractivity contribution >= 4 is 12.0 Å². The quantitative estimate of drug-likeness (QED) is 0.859. The normalized spacial score (nSPS) is 24.1. The lowest BCUT2D eigenvalue weighted by molar-refractivity contribution is -0.145. The third kappa shape index (κ3) is 4.59. The van der Waals surface area contributed by atoms with Gasteiger partial charge in [0.15, 0.2) is 0 Å². The average Bonchev–Trinajstić information content (AvgIpc) is 2.52. The maximum atomic E-state index is 12.5. The molecule has 2 fully saturated rings. The molecular weight excluding hydrogens is 272 g/mol. The van der Waals surface area contributed by atoms with Gasteiger partial charge in [-0.3, -0.25) is 0 Å². The SMILES string of the molecule is CCC1CCCN(C(=O)N2CCC(OCC(=O)O)CC2)C1. The summed E-state index contributed by atoms with van der Waals surface area (Å²) in [5, 5.41) is 8.61.